The summed E-state index contributed by atoms with van der Waals surface area (Å²) in [4.78, 5) is 0. The first-order valence-electron chi connectivity index (χ1n) is 6.60. The number of furan rings is 1. The van der Waals surface area contributed by atoms with E-state index >= 15 is 0 Å². The van der Waals surface area contributed by atoms with Crippen LogP contribution in [0.2, 0.25) is 0 Å². The Morgan fingerprint density at radius 1 is 1.35 bits per heavy atom. The first-order valence-corrected chi connectivity index (χ1v) is 6.60. The maximum absolute atomic E-state index is 5.66. The Kier molecular flexibility index (Phi) is 4.24. The Morgan fingerprint density at radius 3 is 2.59 bits per heavy atom. The van der Waals surface area contributed by atoms with Crippen molar-refractivity contribution in [2.45, 2.75) is 39.7 Å². The van der Waals surface area contributed by atoms with Crippen LogP contribution in [0.1, 0.15) is 42.9 Å². The molecule has 1 fully saturated rings. The van der Waals surface area contributed by atoms with Crippen molar-refractivity contribution in [1.29, 1.82) is 0 Å². The van der Waals surface area contributed by atoms with Gasteiger partial charge in [-0.3, -0.25) is 0 Å². The van der Waals surface area contributed by atoms with Gasteiger partial charge in [0.15, 0.2) is 0 Å². The lowest BCUT2D eigenvalue weighted by molar-refractivity contribution is 0.0536. The van der Waals surface area contributed by atoms with Gasteiger partial charge in [0.05, 0.1) is 0 Å². The molecule has 1 N–H and O–H groups in total. The first-order chi connectivity index (χ1) is 8.22. The molecule has 0 bridgehead atoms. The Balaban J connectivity index is 2.18. The molecule has 1 aliphatic rings. The van der Waals surface area contributed by atoms with Crippen LogP contribution in [0.5, 0.6) is 0 Å². The monoisotopic (exact) mass is 237 g/mol. The van der Waals surface area contributed by atoms with E-state index in [0.29, 0.717) is 12.0 Å². The van der Waals surface area contributed by atoms with E-state index in [1.165, 1.54) is 5.56 Å². The first kappa shape index (κ1) is 12.7. The van der Waals surface area contributed by atoms with E-state index in [1.807, 2.05) is 6.92 Å². The number of hydrogen-bond acceptors (Lipinski definition) is 3. The Hall–Kier alpha value is -0.800. The van der Waals surface area contributed by atoms with Gasteiger partial charge in [0.25, 0.3) is 0 Å². The zero-order valence-corrected chi connectivity index (χ0v) is 11.1. The molecule has 3 heteroatoms. The summed E-state index contributed by atoms with van der Waals surface area (Å²) in [5.41, 5.74) is 1.33. The van der Waals surface area contributed by atoms with E-state index in [0.717, 1.165) is 44.1 Å². The fraction of sp³-hybridized carbons (Fsp3) is 0.714. The molecule has 1 aromatic rings. The van der Waals surface area contributed by atoms with Gasteiger partial charge in [0.2, 0.25) is 0 Å². The molecular formula is C14H23NO2. The Bertz CT molecular complexity index is 353. The molecule has 96 valence electrons. The fourth-order valence-corrected chi connectivity index (χ4v) is 2.76. The molecule has 1 atom stereocenters. The van der Waals surface area contributed by atoms with Gasteiger partial charge in [-0.2, -0.15) is 0 Å². The van der Waals surface area contributed by atoms with Crippen molar-refractivity contribution < 1.29 is 9.15 Å². The molecule has 1 saturated heterocycles. The summed E-state index contributed by atoms with van der Waals surface area (Å²) in [5.74, 6) is 2.73. The molecular weight excluding hydrogens is 214 g/mol. The van der Waals surface area contributed by atoms with Crippen LogP contribution < -0.4 is 5.32 Å². The summed E-state index contributed by atoms with van der Waals surface area (Å²) in [7, 11) is 0. The SMILES string of the molecule is CCNC(c1cc(C)oc1C)C1CCOCC1. The van der Waals surface area contributed by atoms with Crippen LogP contribution in [0.25, 0.3) is 0 Å². The lowest BCUT2D eigenvalue weighted by Gasteiger charge is -2.30. The summed E-state index contributed by atoms with van der Waals surface area (Å²) in [6.07, 6.45) is 2.28. The highest BCUT2D eigenvalue weighted by molar-refractivity contribution is 5.25. The average Bonchev–Trinajstić information content (AvgIpc) is 2.66. The van der Waals surface area contributed by atoms with Gasteiger partial charge in [-0.1, -0.05) is 6.92 Å². The van der Waals surface area contributed by atoms with Gasteiger partial charge in [-0.05, 0) is 45.2 Å². The van der Waals surface area contributed by atoms with Crippen molar-refractivity contribution in [3.8, 4) is 0 Å². The third-order valence-corrected chi connectivity index (χ3v) is 3.58. The highest BCUT2D eigenvalue weighted by Crippen LogP contribution is 2.33. The predicted molar refractivity (Wildman–Crippen MR) is 68.1 cm³/mol. The molecule has 0 aliphatic carbocycles. The highest BCUT2D eigenvalue weighted by Gasteiger charge is 2.27. The van der Waals surface area contributed by atoms with Crippen LogP contribution in [-0.2, 0) is 4.74 Å². The molecule has 2 rings (SSSR count). The summed E-state index contributed by atoms with van der Waals surface area (Å²) in [6.45, 7) is 9.01. The van der Waals surface area contributed by atoms with Crippen LogP contribution in [0, 0.1) is 19.8 Å². The minimum atomic E-state index is 0.418. The van der Waals surface area contributed by atoms with Gasteiger partial charge in [0.1, 0.15) is 11.5 Å². The quantitative estimate of drug-likeness (QED) is 0.874. The lowest BCUT2D eigenvalue weighted by atomic mass is 9.87. The molecule has 0 radical (unpaired) electrons. The fourth-order valence-electron chi connectivity index (χ4n) is 2.76. The normalized spacial score (nSPS) is 19.5. The van der Waals surface area contributed by atoms with Crippen molar-refractivity contribution in [3.63, 3.8) is 0 Å². The van der Waals surface area contributed by atoms with Crippen LogP contribution in [0.4, 0.5) is 0 Å². The summed E-state index contributed by atoms with van der Waals surface area (Å²) >= 11 is 0. The van der Waals surface area contributed by atoms with Gasteiger partial charge in [0, 0.05) is 24.8 Å². The minimum absolute atomic E-state index is 0.418. The highest BCUT2D eigenvalue weighted by atomic mass is 16.5. The third-order valence-electron chi connectivity index (χ3n) is 3.58. The van der Waals surface area contributed by atoms with Crippen molar-refractivity contribution >= 4 is 0 Å². The zero-order chi connectivity index (χ0) is 12.3. The zero-order valence-electron chi connectivity index (χ0n) is 11.1. The van der Waals surface area contributed by atoms with E-state index in [9.17, 15) is 0 Å². The van der Waals surface area contributed by atoms with Crippen LogP contribution in [0.3, 0.4) is 0 Å². The Morgan fingerprint density at radius 2 is 2.06 bits per heavy atom. The van der Waals surface area contributed by atoms with E-state index < -0.39 is 0 Å². The topological polar surface area (TPSA) is 34.4 Å². The number of nitrogens with one attached hydrogen (secondary N) is 1. The molecule has 17 heavy (non-hydrogen) atoms. The molecule has 2 heterocycles. The molecule has 0 amide bonds. The third kappa shape index (κ3) is 2.90. The second-order valence-electron chi connectivity index (χ2n) is 4.85. The van der Waals surface area contributed by atoms with Crippen LogP contribution in [-0.4, -0.2) is 19.8 Å². The Labute approximate surface area is 104 Å². The van der Waals surface area contributed by atoms with Crippen molar-refractivity contribution in [2.75, 3.05) is 19.8 Å². The summed E-state index contributed by atoms with van der Waals surface area (Å²) in [5, 5.41) is 3.61. The smallest absolute Gasteiger partial charge is 0.105 e. The second kappa shape index (κ2) is 5.69. The minimum Gasteiger partial charge on any atom is -0.466 e. The second-order valence-corrected chi connectivity index (χ2v) is 4.85. The average molecular weight is 237 g/mol. The molecule has 0 aromatic carbocycles. The summed E-state index contributed by atoms with van der Waals surface area (Å²) in [6, 6.07) is 2.60. The van der Waals surface area contributed by atoms with Crippen molar-refractivity contribution in [2.24, 2.45) is 5.92 Å². The standard InChI is InChI=1S/C14H23NO2/c1-4-15-14(12-5-7-16-8-6-12)13-9-10(2)17-11(13)3/h9,12,14-15H,4-8H2,1-3H3. The van der Waals surface area contributed by atoms with E-state index in [4.69, 9.17) is 9.15 Å². The maximum Gasteiger partial charge on any atom is 0.105 e. The van der Waals surface area contributed by atoms with Gasteiger partial charge in [-0.25, -0.2) is 0 Å². The van der Waals surface area contributed by atoms with Gasteiger partial charge < -0.3 is 14.5 Å². The van der Waals surface area contributed by atoms with Gasteiger partial charge in [-0.15, -0.1) is 0 Å². The van der Waals surface area contributed by atoms with E-state index in [-0.39, 0.29) is 0 Å². The molecule has 0 spiro atoms. The summed E-state index contributed by atoms with van der Waals surface area (Å²) < 4.78 is 11.1. The largest absolute Gasteiger partial charge is 0.466 e. The molecule has 1 aromatic heterocycles. The molecule has 3 nitrogen and oxygen atoms in total. The molecule has 1 unspecified atom stereocenters. The van der Waals surface area contributed by atoms with Crippen LogP contribution >= 0.6 is 0 Å². The number of rotatable bonds is 4. The van der Waals surface area contributed by atoms with Crippen molar-refractivity contribution in [1.82, 2.24) is 5.32 Å². The van der Waals surface area contributed by atoms with Crippen molar-refractivity contribution in [3.05, 3.63) is 23.2 Å². The van der Waals surface area contributed by atoms with E-state index in [1.54, 1.807) is 0 Å². The molecule has 0 saturated carbocycles. The number of aryl methyl sites for hydroxylation is 2. The lowest BCUT2D eigenvalue weighted by Crippen LogP contribution is -2.32. The molecule has 1 aliphatic heterocycles. The number of ether oxygens (including phenoxy) is 1. The van der Waals surface area contributed by atoms with Gasteiger partial charge >= 0.3 is 0 Å². The maximum atomic E-state index is 5.66. The number of hydrogen-bond donors (Lipinski definition) is 1. The van der Waals surface area contributed by atoms with Crippen LogP contribution in [0.15, 0.2) is 10.5 Å². The predicted octanol–water partition coefficient (Wildman–Crippen LogP) is 2.97. The van der Waals surface area contributed by atoms with E-state index in [2.05, 4.69) is 25.2 Å².